The van der Waals surface area contributed by atoms with E-state index in [1.807, 2.05) is 0 Å². The monoisotopic (exact) mass is 268 g/mol. The molecular weight excluding hydrogens is 254 g/mol. The van der Waals surface area contributed by atoms with Gasteiger partial charge in [-0.05, 0) is 12.8 Å². The van der Waals surface area contributed by atoms with Crippen LogP contribution in [0, 0.1) is 0 Å². The second-order valence-electron chi connectivity index (χ2n) is 3.47. The van der Waals surface area contributed by atoms with Crippen molar-refractivity contribution in [2.75, 3.05) is 13.2 Å². The third kappa shape index (κ3) is 11.7. The van der Waals surface area contributed by atoms with Crippen molar-refractivity contribution in [2.24, 2.45) is 5.84 Å². The smallest absolute Gasteiger partial charge is 0.372 e. The van der Waals surface area contributed by atoms with Crippen molar-refractivity contribution in [1.29, 1.82) is 0 Å². The fourth-order valence-electron chi connectivity index (χ4n) is 1.06. The number of hydrogen-bond donors (Lipinski definition) is 2. The first kappa shape index (κ1) is 16.5. The van der Waals surface area contributed by atoms with Crippen LogP contribution in [-0.2, 0) is 4.74 Å². The minimum absolute atomic E-state index is 0.0112. The van der Waals surface area contributed by atoms with E-state index in [4.69, 9.17) is 5.84 Å². The maximum atomic E-state index is 11.8. The number of rotatable bonds is 7. The summed E-state index contributed by atoms with van der Waals surface area (Å²) >= 11 is 0. The molecule has 0 spiro atoms. The van der Waals surface area contributed by atoms with Crippen LogP contribution in [0.2, 0.25) is 0 Å². The second-order valence-corrected chi connectivity index (χ2v) is 3.47. The summed E-state index contributed by atoms with van der Waals surface area (Å²) in [5.74, 6) is 4.98. The SMILES string of the molecule is NNC(CCOCC(F)(F)F)CCC(F)(F)F. The highest BCUT2D eigenvalue weighted by Crippen LogP contribution is 2.22. The summed E-state index contributed by atoms with van der Waals surface area (Å²) in [4.78, 5) is 0. The Morgan fingerprint density at radius 3 is 2.00 bits per heavy atom. The van der Waals surface area contributed by atoms with Gasteiger partial charge in [-0.2, -0.15) is 26.3 Å². The Hall–Kier alpha value is -0.540. The molecule has 0 rings (SSSR count). The average molecular weight is 268 g/mol. The zero-order chi connectivity index (χ0) is 13.5. The molecule has 0 radical (unpaired) electrons. The highest BCUT2D eigenvalue weighted by Gasteiger charge is 2.29. The number of ether oxygens (including phenoxy) is 1. The van der Waals surface area contributed by atoms with Crippen molar-refractivity contribution < 1.29 is 31.1 Å². The third-order valence-electron chi connectivity index (χ3n) is 1.89. The lowest BCUT2D eigenvalue weighted by Crippen LogP contribution is -2.37. The van der Waals surface area contributed by atoms with Crippen molar-refractivity contribution in [3.63, 3.8) is 0 Å². The molecule has 3 nitrogen and oxygen atoms in total. The number of halogens is 6. The van der Waals surface area contributed by atoms with Gasteiger partial charge in [0.25, 0.3) is 0 Å². The van der Waals surface area contributed by atoms with Gasteiger partial charge in [0.1, 0.15) is 6.61 Å². The van der Waals surface area contributed by atoms with Crippen LogP contribution >= 0.6 is 0 Å². The normalized spacial score (nSPS) is 15.0. The molecule has 0 aromatic rings. The van der Waals surface area contributed by atoms with Gasteiger partial charge in [0.05, 0.1) is 0 Å². The van der Waals surface area contributed by atoms with E-state index < -0.39 is 31.4 Å². The molecule has 0 aromatic heterocycles. The van der Waals surface area contributed by atoms with Crippen molar-refractivity contribution >= 4 is 0 Å². The van der Waals surface area contributed by atoms with Crippen molar-refractivity contribution in [1.82, 2.24) is 5.43 Å². The maximum Gasteiger partial charge on any atom is 0.411 e. The summed E-state index contributed by atoms with van der Waals surface area (Å²) in [6, 6.07) is -0.718. The van der Waals surface area contributed by atoms with Crippen molar-refractivity contribution in [3.05, 3.63) is 0 Å². The molecule has 17 heavy (non-hydrogen) atoms. The van der Waals surface area contributed by atoms with Gasteiger partial charge >= 0.3 is 12.4 Å². The standard InChI is InChI=1S/C8H14F6N2O/c9-7(10,11)3-1-6(16-15)2-4-17-5-8(12,13)14/h6,16H,1-5,15H2. The van der Waals surface area contributed by atoms with E-state index in [1.54, 1.807) is 0 Å². The van der Waals surface area contributed by atoms with Crippen LogP contribution in [0.15, 0.2) is 0 Å². The Morgan fingerprint density at radius 2 is 1.59 bits per heavy atom. The van der Waals surface area contributed by atoms with Crippen molar-refractivity contribution in [2.45, 2.75) is 37.7 Å². The second kappa shape index (κ2) is 7.02. The first-order valence-corrected chi connectivity index (χ1v) is 4.81. The summed E-state index contributed by atoms with van der Waals surface area (Å²) in [7, 11) is 0. The number of hydrazine groups is 1. The van der Waals surface area contributed by atoms with Crippen LogP contribution in [0.1, 0.15) is 19.3 Å². The first-order chi connectivity index (χ1) is 7.64. The summed E-state index contributed by atoms with van der Waals surface area (Å²) in [6.45, 7) is -1.71. The molecule has 0 amide bonds. The maximum absolute atomic E-state index is 11.8. The Bertz CT molecular complexity index is 205. The van der Waals surface area contributed by atoms with Crippen LogP contribution in [-0.4, -0.2) is 31.6 Å². The number of nitrogens with two attached hydrogens (primary N) is 1. The fourth-order valence-corrected chi connectivity index (χ4v) is 1.06. The summed E-state index contributed by atoms with van der Waals surface area (Å²) in [6.07, 6.45) is -10.1. The number of hydrogen-bond acceptors (Lipinski definition) is 3. The van der Waals surface area contributed by atoms with Crippen molar-refractivity contribution in [3.8, 4) is 0 Å². The number of nitrogens with one attached hydrogen (secondary N) is 1. The molecule has 0 aromatic carbocycles. The van der Waals surface area contributed by atoms with Crippen LogP contribution in [0.25, 0.3) is 0 Å². The van der Waals surface area contributed by atoms with E-state index >= 15 is 0 Å². The molecule has 3 N–H and O–H groups in total. The molecule has 0 fully saturated rings. The summed E-state index contributed by atoms with van der Waals surface area (Å²) < 4.78 is 74.8. The van der Waals surface area contributed by atoms with Gasteiger partial charge in [0, 0.05) is 19.1 Å². The van der Waals surface area contributed by atoms with E-state index in [2.05, 4.69) is 10.2 Å². The zero-order valence-electron chi connectivity index (χ0n) is 8.87. The lowest BCUT2D eigenvalue weighted by atomic mass is 10.1. The summed E-state index contributed by atoms with van der Waals surface area (Å²) in [5, 5.41) is 0. The van der Waals surface area contributed by atoms with Crippen LogP contribution < -0.4 is 11.3 Å². The minimum Gasteiger partial charge on any atom is -0.372 e. The Morgan fingerprint density at radius 1 is 1.00 bits per heavy atom. The molecule has 0 saturated heterocycles. The van der Waals surface area contributed by atoms with E-state index in [0.717, 1.165) is 0 Å². The van der Waals surface area contributed by atoms with E-state index in [1.165, 1.54) is 0 Å². The molecule has 1 atom stereocenters. The lowest BCUT2D eigenvalue weighted by molar-refractivity contribution is -0.174. The Labute approximate surface area is 94.3 Å². The highest BCUT2D eigenvalue weighted by molar-refractivity contribution is 4.66. The zero-order valence-corrected chi connectivity index (χ0v) is 8.87. The molecule has 104 valence electrons. The van der Waals surface area contributed by atoms with Gasteiger partial charge in [-0.25, -0.2) is 0 Å². The topological polar surface area (TPSA) is 47.3 Å². The molecule has 1 unspecified atom stereocenters. The van der Waals surface area contributed by atoms with Gasteiger partial charge < -0.3 is 4.74 Å². The fraction of sp³-hybridized carbons (Fsp3) is 1.00. The predicted octanol–water partition coefficient (Wildman–Crippen LogP) is 2.13. The molecular formula is C8H14F6N2O. The molecule has 0 aliphatic rings. The molecule has 0 bridgehead atoms. The number of alkyl halides is 6. The molecule has 9 heteroatoms. The average Bonchev–Trinajstić information content (AvgIpc) is 2.13. The van der Waals surface area contributed by atoms with Gasteiger partial charge in [-0.3, -0.25) is 11.3 Å². The summed E-state index contributed by atoms with van der Waals surface area (Å²) in [5.41, 5.74) is 2.11. The highest BCUT2D eigenvalue weighted by atomic mass is 19.4. The van der Waals surface area contributed by atoms with Gasteiger partial charge in [-0.1, -0.05) is 0 Å². The Kier molecular flexibility index (Phi) is 6.80. The molecule has 0 heterocycles. The lowest BCUT2D eigenvalue weighted by Gasteiger charge is -2.17. The van der Waals surface area contributed by atoms with Gasteiger partial charge in [0.15, 0.2) is 0 Å². The van der Waals surface area contributed by atoms with Gasteiger partial charge in [-0.15, -0.1) is 0 Å². The van der Waals surface area contributed by atoms with E-state index in [9.17, 15) is 26.3 Å². The third-order valence-corrected chi connectivity index (χ3v) is 1.89. The Balaban J connectivity index is 3.69. The van der Waals surface area contributed by atoms with Crippen LogP contribution in [0.3, 0.4) is 0 Å². The van der Waals surface area contributed by atoms with Crippen LogP contribution in [0.5, 0.6) is 0 Å². The molecule has 0 aliphatic carbocycles. The van der Waals surface area contributed by atoms with Gasteiger partial charge in [0.2, 0.25) is 0 Å². The largest absolute Gasteiger partial charge is 0.411 e. The van der Waals surface area contributed by atoms with E-state index in [-0.39, 0.29) is 19.4 Å². The van der Waals surface area contributed by atoms with Crippen LogP contribution in [0.4, 0.5) is 26.3 Å². The minimum atomic E-state index is -4.43. The quantitative estimate of drug-likeness (QED) is 0.322. The molecule has 0 aliphatic heterocycles. The predicted molar refractivity (Wildman–Crippen MR) is 47.9 cm³/mol. The molecule has 0 saturated carbocycles. The van der Waals surface area contributed by atoms with E-state index in [0.29, 0.717) is 0 Å². The first-order valence-electron chi connectivity index (χ1n) is 4.81.